The van der Waals surface area contributed by atoms with Crippen LogP contribution in [0.4, 0.5) is 0 Å². The zero-order valence-corrected chi connectivity index (χ0v) is 16.0. The third-order valence-electron chi connectivity index (χ3n) is 2.58. The first kappa shape index (κ1) is 20.5. The van der Waals surface area contributed by atoms with E-state index in [4.69, 9.17) is 11.6 Å². The minimum Gasteiger partial charge on any atom is -0.356 e. The van der Waals surface area contributed by atoms with E-state index in [1.165, 1.54) is 6.26 Å². The van der Waals surface area contributed by atoms with Crippen molar-refractivity contribution >= 4 is 51.4 Å². The first-order chi connectivity index (χ1) is 9.40. The van der Waals surface area contributed by atoms with Gasteiger partial charge in [-0.1, -0.05) is 23.7 Å². The molecule has 21 heavy (non-hydrogen) atoms. The van der Waals surface area contributed by atoms with Crippen LogP contribution in [0.3, 0.4) is 0 Å². The second-order valence-corrected chi connectivity index (χ2v) is 7.13. The van der Waals surface area contributed by atoms with Crippen molar-refractivity contribution in [1.29, 1.82) is 0 Å². The standard InChI is InChI=1S/C13H20ClN3O2S.HI/c1-15-13(17-8-9-20(2,18)19)16-7-6-11-4-3-5-12(14)10-11;/h3-5,10H,6-9H2,1-2H3,(H2,15,16,17);1H. The van der Waals surface area contributed by atoms with Gasteiger partial charge in [0.2, 0.25) is 0 Å². The number of hydrogen-bond donors (Lipinski definition) is 2. The van der Waals surface area contributed by atoms with Gasteiger partial charge in [-0.15, -0.1) is 24.0 Å². The van der Waals surface area contributed by atoms with Gasteiger partial charge in [0.15, 0.2) is 5.96 Å². The van der Waals surface area contributed by atoms with Crippen LogP contribution in [0.25, 0.3) is 0 Å². The monoisotopic (exact) mass is 445 g/mol. The van der Waals surface area contributed by atoms with Crippen LogP contribution in [0.15, 0.2) is 29.3 Å². The highest BCUT2D eigenvalue weighted by molar-refractivity contribution is 14.0. The van der Waals surface area contributed by atoms with Gasteiger partial charge in [0.05, 0.1) is 5.75 Å². The highest BCUT2D eigenvalue weighted by atomic mass is 127. The highest BCUT2D eigenvalue weighted by Crippen LogP contribution is 2.10. The summed E-state index contributed by atoms with van der Waals surface area (Å²) in [6, 6.07) is 7.68. The Labute approximate surface area is 148 Å². The first-order valence-electron chi connectivity index (χ1n) is 6.27. The molecule has 0 aliphatic carbocycles. The van der Waals surface area contributed by atoms with Crippen LogP contribution in [0, 0.1) is 0 Å². The van der Waals surface area contributed by atoms with Gasteiger partial charge in [-0.3, -0.25) is 4.99 Å². The topological polar surface area (TPSA) is 70.6 Å². The molecule has 1 rings (SSSR count). The molecule has 0 heterocycles. The van der Waals surface area contributed by atoms with Crippen molar-refractivity contribution < 1.29 is 8.42 Å². The highest BCUT2D eigenvalue weighted by Gasteiger charge is 2.03. The van der Waals surface area contributed by atoms with Gasteiger partial charge < -0.3 is 10.6 Å². The van der Waals surface area contributed by atoms with Gasteiger partial charge in [0, 0.05) is 31.4 Å². The molecule has 0 fully saturated rings. The first-order valence-corrected chi connectivity index (χ1v) is 8.71. The average Bonchev–Trinajstić information content (AvgIpc) is 2.35. The molecule has 0 saturated heterocycles. The third kappa shape index (κ3) is 9.92. The van der Waals surface area contributed by atoms with Crippen LogP contribution in [0.5, 0.6) is 0 Å². The van der Waals surface area contributed by atoms with Gasteiger partial charge in [0.1, 0.15) is 9.84 Å². The maximum Gasteiger partial charge on any atom is 0.191 e. The Morgan fingerprint density at radius 1 is 1.29 bits per heavy atom. The minimum absolute atomic E-state index is 0. The number of hydrogen-bond acceptors (Lipinski definition) is 3. The fourth-order valence-electron chi connectivity index (χ4n) is 1.59. The largest absolute Gasteiger partial charge is 0.356 e. The number of nitrogens with zero attached hydrogens (tertiary/aromatic N) is 1. The number of nitrogens with one attached hydrogen (secondary N) is 2. The summed E-state index contributed by atoms with van der Waals surface area (Å²) in [4.78, 5) is 4.03. The second-order valence-electron chi connectivity index (χ2n) is 4.44. The molecule has 0 aliphatic rings. The summed E-state index contributed by atoms with van der Waals surface area (Å²) in [6.07, 6.45) is 2.03. The molecule has 8 heteroatoms. The van der Waals surface area contributed by atoms with Crippen molar-refractivity contribution in [2.24, 2.45) is 4.99 Å². The fourth-order valence-corrected chi connectivity index (χ4v) is 2.28. The molecule has 1 aromatic carbocycles. The molecule has 0 aromatic heterocycles. The molecule has 0 saturated carbocycles. The van der Waals surface area contributed by atoms with Gasteiger partial charge in [-0.2, -0.15) is 0 Å². The smallest absolute Gasteiger partial charge is 0.191 e. The molecule has 2 N–H and O–H groups in total. The molecular weight excluding hydrogens is 425 g/mol. The van der Waals surface area contributed by atoms with Crippen molar-refractivity contribution in [3.05, 3.63) is 34.9 Å². The van der Waals surface area contributed by atoms with E-state index in [1.807, 2.05) is 24.3 Å². The SMILES string of the molecule is CN=C(NCCc1cccc(Cl)c1)NCCS(C)(=O)=O.I. The van der Waals surface area contributed by atoms with Gasteiger partial charge in [0.25, 0.3) is 0 Å². The molecule has 120 valence electrons. The molecule has 0 atom stereocenters. The van der Waals surface area contributed by atoms with Crippen LogP contribution in [-0.4, -0.2) is 46.5 Å². The summed E-state index contributed by atoms with van der Waals surface area (Å²) >= 11 is 5.91. The number of guanidine groups is 1. The van der Waals surface area contributed by atoms with Crippen molar-refractivity contribution in [2.75, 3.05) is 32.1 Å². The lowest BCUT2D eigenvalue weighted by atomic mass is 10.1. The molecule has 0 amide bonds. The Hall–Kier alpha value is -0.540. The maximum absolute atomic E-state index is 11.0. The summed E-state index contributed by atoms with van der Waals surface area (Å²) in [5.74, 6) is 0.679. The van der Waals surface area contributed by atoms with Crippen LogP contribution in [-0.2, 0) is 16.3 Å². The number of halogens is 2. The van der Waals surface area contributed by atoms with E-state index in [1.54, 1.807) is 7.05 Å². The summed E-state index contributed by atoms with van der Waals surface area (Å²) < 4.78 is 22.0. The zero-order valence-electron chi connectivity index (χ0n) is 12.1. The minimum atomic E-state index is -2.96. The van der Waals surface area contributed by atoms with E-state index in [0.29, 0.717) is 19.0 Å². The third-order valence-corrected chi connectivity index (χ3v) is 3.76. The number of sulfone groups is 1. The molecule has 0 radical (unpaired) electrons. The quantitative estimate of drug-likeness (QED) is 0.397. The fraction of sp³-hybridized carbons (Fsp3) is 0.462. The maximum atomic E-state index is 11.0. The van der Waals surface area contributed by atoms with Crippen molar-refractivity contribution in [1.82, 2.24) is 10.6 Å². The van der Waals surface area contributed by atoms with E-state index in [-0.39, 0.29) is 29.7 Å². The van der Waals surface area contributed by atoms with Gasteiger partial charge in [-0.05, 0) is 24.1 Å². The van der Waals surface area contributed by atoms with E-state index in [9.17, 15) is 8.42 Å². The van der Waals surface area contributed by atoms with E-state index >= 15 is 0 Å². The Bertz CT molecular complexity index is 564. The lowest BCUT2D eigenvalue weighted by Gasteiger charge is -2.11. The number of rotatable bonds is 6. The Morgan fingerprint density at radius 2 is 1.95 bits per heavy atom. The average molecular weight is 446 g/mol. The summed E-state index contributed by atoms with van der Waals surface area (Å²) in [5.41, 5.74) is 1.14. The van der Waals surface area contributed by atoms with Crippen molar-refractivity contribution in [3.8, 4) is 0 Å². The predicted molar refractivity (Wildman–Crippen MR) is 99.6 cm³/mol. The molecule has 0 bridgehead atoms. The molecule has 1 aromatic rings. The lowest BCUT2D eigenvalue weighted by Crippen LogP contribution is -2.40. The summed E-state index contributed by atoms with van der Waals surface area (Å²) in [7, 11) is -1.31. The van der Waals surface area contributed by atoms with Gasteiger partial charge >= 0.3 is 0 Å². The predicted octanol–water partition coefficient (Wildman–Crippen LogP) is 1.71. The van der Waals surface area contributed by atoms with Crippen LogP contribution in [0.1, 0.15) is 5.56 Å². The number of benzene rings is 1. The van der Waals surface area contributed by atoms with E-state index in [0.717, 1.165) is 17.0 Å². The second kappa shape index (κ2) is 10.2. The molecular formula is C13H21ClIN3O2S. The van der Waals surface area contributed by atoms with Crippen LogP contribution < -0.4 is 10.6 Å². The van der Waals surface area contributed by atoms with E-state index in [2.05, 4.69) is 15.6 Å². The van der Waals surface area contributed by atoms with Gasteiger partial charge in [-0.25, -0.2) is 8.42 Å². The Balaban J connectivity index is 0.00000400. The summed E-state index contributed by atoms with van der Waals surface area (Å²) in [5, 5.41) is 6.80. The molecule has 5 nitrogen and oxygen atoms in total. The molecule has 0 aliphatic heterocycles. The summed E-state index contributed by atoms with van der Waals surface area (Å²) in [6.45, 7) is 1.04. The van der Waals surface area contributed by atoms with Crippen molar-refractivity contribution in [3.63, 3.8) is 0 Å². The molecule has 0 unspecified atom stereocenters. The molecule has 0 spiro atoms. The normalized spacial score (nSPS) is 11.7. The van der Waals surface area contributed by atoms with Crippen molar-refractivity contribution in [2.45, 2.75) is 6.42 Å². The number of aliphatic imine (C=N–C) groups is 1. The van der Waals surface area contributed by atoms with Crippen LogP contribution in [0.2, 0.25) is 5.02 Å². The van der Waals surface area contributed by atoms with Crippen LogP contribution >= 0.6 is 35.6 Å². The van der Waals surface area contributed by atoms with E-state index < -0.39 is 9.84 Å². The Kier molecular flexibility index (Phi) is 9.97. The Morgan fingerprint density at radius 3 is 2.52 bits per heavy atom. The lowest BCUT2D eigenvalue weighted by molar-refractivity contribution is 0.600. The zero-order chi connectivity index (χ0) is 15.0.